The molecule has 1 unspecified atom stereocenters. The molecule has 0 aromatic rings. The quantitative estimate of drug-likeness (QED) is 0.632. The third-order valence-corrected chi connectivity index (χ3v) is 4.02. The highest BCUT2D eigenvalue weighted by Crippen LogP contribution is 2.40. The summed E-state index contributed by atoms with van der Waals surface area (Å²) in [5.41, 5.74) is -0.147. The number of hydrogen-bond acceptors (Lipinski definition) is 4. The maximum atomic E-state index is 9.97. The molecule has 2 N–H and O–H groups in total. The lowest BCUT2D eigenvalue weighted by atomic mass is 9.91. The first kappa shape index (κ1) is 16.9. The van der Waals surface area contributed by atoms with Crippen LogP contribution in [0.25, 0.3) is 0 Å². The standard InChI is InChI=1S/C15H32N2O2/c1-12(2)16-15(11-18,14-6-7-14)10-17(13(3)4)8-9-19-5/h12-14,16,18H,6-11H2,1-5H3. The molecule has 0 aromatic heterocycles. The average molecular weight is 272 g/mol. The van der Waals surface area contributed by atoms with Gasteiger partial charge in [0.25, 0.3) is 0 Å². The first-order valence-electron chi connectivity index (χ1n) is 7.56. The zero-order valence-corrected chi connectivity index (χ0v) is 13.3. The molecule has 0 radical (unpaired) electrons. The van der Waals surface area contributed by atoms with Crippen molar-refractivity contribution in [1.82, 2.24) is 10.2 Å². The highest BCUT2D eigenvalue weighted by molar-refractivity contribution is 5.03. The molecule has 1 fully saturated rings. The Morgan fingerprint density at radius 2 is 1.95 bits per heavy atom. The van der Waals surface area contributed by atoms with Crippen LogP contribution in [0.2, 0.25) is 0 Å². The molecule has 1 aliphatic carbocycles. The zero-order valence-electron chi connectivity index (χ0n) is 13.3. The van der Waals surface area contributed by atoms with Gasteiger partial charge in [-0.25, -0.2) is 0 Å². The van der Waals surface area contributed by atoms with Gasteiger partial charge in [0.2, 0.25) is 0 Å². The van der Waals surface area contributed by atoms with Crippen LogP contribution in [-0.4, -0.2) is 61.0 Å². The van der Waals surface area contributed by atoms with Gasteiger partial charge in [-0.05, 0) is 32.6 Å². The van der Waals surface area contributed by atoms with Gasteiger partial charge in [0.15, 0.2) is 0 Å². The zero-order chi connectivity index (χ0) is 14.5. The molecule has 0 amide bonds. The van der Waals surface area contributed by atoms with Crippen LogP contribution in [0.3, 0.4) is 0 Å². The van der Waals surface area contributed by atoms with Crippen molar-refractivity contribution >= 4 is 0 Å². The molecule has 4 nitrogen and oxygen atoms in total. The largest absolute Gasteiger partial charge is 0.394 e. The number of aliphatic hydroxyl groups excluding tert-OH is 1. The van der Waals surface area contributed by atoms with Gasteiger partial charge in [-0.2, -0.15) is 0 Å². The summed E-state index contributed by atoms with van der Waals surface area (Å²) >= 11 is 0. The lowest BCUT2D eigenvalue weighted by molar-refractivity contribution is 0.0548. The summed E-state index contributed by atoms with van der Waals surface area (Å²) < 4.78 is 5.20. The Labute approximate surface area is 118 Å². The minimum atomic E-state index is -0.147. The Morgan fingerprint density at radius 1 is 1.32 bits per heavy atom. The predicted octanol–water partition coefficient (Wildman–Crippen LogP) is 1.48. The third-order valence-electron chi connectivity index (χ3n) is 4.02. The van der Waals surface area contributed by atoms with Crippen molar-refractivity contribution in [3.63, 3.8) is 0 Å². The average Bonchev–Trinajstić information content (AvgIpc) is 3.16. The number of nitrogens with one attached hydrogen (secondary N) is 1. The van der Waals surface area contributed by atoms with Crippen LogP contribution in [0, 0.1) is 5.92 Å². The van der Waals surface area contributed by atoms with Crippen LogP contribution >= 0.6 is 0 Å². The number of hydrogen-bond donors (Lipinski definition) is 2. The van der Waals surface area contributed by atoms with Crippen molar-refractivity contribution < 1.29 is 9.84 Å². The Morgan fingerprint density at radius 3 is 2.32 bits per heavy atom. The van der Waals surface area contributed by atoms with Gasteiger partial charge in [-0.15, -0.1) is 0 Å². The van der Waals surface area contributed by atoms with E-state index in [2.05, 4.69) is 37.9 Å². The fourth-order valence-corrected chi connectivity index (χ4v) is 2.82. The maximum Gasteiger partial charge on any atom is 0.0628 e. The Bertz CT molecular complexity index is 255. The molecule has 0 heterocycles. The van der Waals surface area contributed by atoms with Crippen molar-refractivity contribution in [2.75, 3.05) is 33.4 Å². The van der Waals surface area contributed by atoms with E-state index in [9.17, 15) is 5.11 Å². The molecule has 114 valence electrons. The van der Waals surface area contributed by atoms with E-state index in [1.807, 2.05) is 0 Å². The van der Waals surface area contributed by atoms with E-state index in [0.29, 0.717) is 18.0 Å². The minimum absolute atomic E-state index is 0.147. The summed E-state index contributed by atoms with van der Waals surface area (Å²) in [4.78, 5) is 2.41. The van der Waals surface area contributed by atoms with Crippen molar-refractivity contribution in [2.24, 2.45) is 5.92 Å². The molecule has 0 spiro atoms. The molecule has 0 aromatic carbocycles. The Balaban J connectivity index is 2.72. The lowest BCUT2D eigenvalue weighted by Crippen LogP contribution is -2.61. The first-order valence-corrected chi connectivity index (χ1v) is 7.56. The van der Waals surface area contributed by atoms with Crippen LogP contribution < -0.4 is 5.32 Å². The lowest BCUT2D eigenvalue weighted by Gasteiger charge is -2.41. The number of nitrogens with zero attached hydrogens (tertiary/aromatic N) is 1. The normalized spacial score (nSPS) is 19.4. The van der Waals surface area contributed by atoms with Crippen LogP contribution in [0.1, 0.15) is 40.5 Å². The van der Waals surface area contributed by atoms with E-state index in [0.717, 1.165) is 19.7 Å². The molecule has 1 atom stereocenters. The van der Waals surface area contributed by atoms with Gasteiger partial charge in [-0.1, -0.05) is 13.8 Å². The first-order chi connectivity index (χ1) is 8.95. The minimum Gasteiger partial charge on any atom is -0.394 e. The van der Waals surface area contributed by atoms with E-state index < -0.39 is 0 Å². The van der Waals surface area contributed by atoms with Gasteiger partial charge < -0.3 is 15.2 Å². The van der Waals surface area contributed by atoms with E-state index in [1.54, 1.807) is 7.11 Å². The summed E-state index contributed by atoms with van der Waals surface area (Å²) in [6.45, 7) is 11.5. The van der Waals surface area contributed by atoms with Crippen molar-refractivity contribution in [1.29, 1.82) is 0 Å². The van der Waals surface area contributed by atoms with Crippen molar-refractivity contribution in [3.8, 4) is 0 Å². The SMILES string of the molecule is COCCN(CC(CO)(NC(C)C)C1CC1)C(C)C. The topological polar surface area (TPSA) is 44.7 Å². The summed E-state index contributed by atoms with van der Waals surface area (Å²) in [6.07, 6.45) is 2.47. The maximum absolute atomic E-state index is 9.97. The molecule has 0 bridgehead atoms. The van der Waals surface area contributed by atoms with Crippen LogP contribution in [-0.2, 0) is 4.74 Å². The smallest absolute Gasteiger partial charge is 0.0628 e. The van der Waals surface area contributed by atoms with Crippen LogP contribution in [0.5, 0.6) is 0 Å². The van der Waals surface area contributed by atoms with E-state index in [4.69, 9.17) is 4.74 Å². The van der Waals surface area contributed by atoms with Gasteiger partial charge in [0, 0.05) is 32.3 Å². The molecule has 4 heteroatoms. The van der Waals surface area contributed by atoms with Crippen molar-refractivity contribution in [3.05, 3.63) is 0 Å². The molecule has 0 aliphatic heterocycles. The van der Waals surface area contributed by atoms with Gasteiger partial charge >= 0.3 is 0 Å². The van der Waals surface area contributed by atoms with Crippen molar-refractivity contribution in [2.45, 2.75) is 58.2 Å². The molecular formula is C15H32N2O2. The third kappa shape index (κ3) is 5.03. The van der Waals surface area contributed by atoms with E-state index >= 15 is 0 Å². The molecule has 0 saturated heterocycles. The second-order valence-electron chi connectivity index (χ2n) is 6.44. The van der Waals surface area contributed by atoms with E-state index in [-0.39, 0.29) is 12.1 Å². The number of rotatable bonds is 10. The van der Waals surface area contributed by atoms with Gasteiger partial charge in [-0.3, -0.25) is 4.90 Å². The summed E-state index contributed by atoms with van der Waals surface area (Å²) in [7, 11) is 1.74. The summed E-state index contributed by atoms with van der Waals surface area (Å²) in [5, 5.41) is 13.6. The van der Waals surface area contributed by atoms with Gasteiger partial charge in [0.1, 0.15) is 0 Å². The highest BCUT2D eigenvalue weighted by Gasteiger charge is 2.46. The molecule has 1 saturated carbocycles. The molecular weight excluding hydrogens is 240 g/mol. The highest BCUT2D eigenvalue weighted by atomic mass is 16.5. The number of ether oxygens (including phenoxy) is 1. The molecule has 19 heavy (non-hydrogen) atoms. The van der Waals surface area contributed by atoms with Crippen LogP contribution in [0.15, 0.2) is 0 Å². The molecule has 1 aliphatic rings. The second-order valence-corrected chi connectivity index (χ2v) is 6.44. The fraction of sp³-hybridized carbons (Fsp3) is 1.00. The Kier molecular flexibility index (Phi) is 6.74. The fourth-order valence-electron chi connectivity index (χ4n) is 2.82. The number of methoxy groups -OCH3 is 1. The summed E-state index contributed by atoms with van der Waals surface area (Å²) in [6, 6.07) is 0.859. The number of aliphatic hydroxyl groups is 1. The Hall–Kier alpha value is -0.160. The summed E-state index contributed by atoms with van der Waals surface area (Å²) in [5.74, 6) is 0.615. The predicted molar refractivity (Wildman–Crippen MR) is 79.4 cm³/mol. The van der Waals surface area contributed by atoms with Crippen LogP contribution in [0.4, 0.5) is 0 Å². The van der Waals surface area contributed by atoms with Gasteiger partial charge in [0.05, 0.1) is 18.8 Å². The second kappa shape index (κ2) is 7.58. The monoisotopic (exact) mass is 272 g/mol. The molecule has 1 rings (SSSR count). The van der Waals surface area contributed by atoms with E-state index in [1.165, 1.54) is 12.8 Å².